The van der Waals surface area contributed by atoms with Gasteiger partial charge < -0.3 is 11.1 Å². The number of carbonyl (C=O) groups excluding carboxylic acids is 1. The van der Waals surface area contributed by atoms with Crippen LogP contribution in [0.2, 0.25) is 5.02 Å². The first-order chi connectivity index (χ1) is 8.97. The number of nitrogen functional groups attached to an aromatic ring is 1. The number of nitrogens with two attached hydrogens (primary N) is 1. The molecule has 0 bridgehead atoms. The number of benzene rings is 1. The maximum absolute atomic E-state index is 13.4. The summed E-state index contributed by atoms with van der Waals surface area (Å²) in [5, 5.41) is 6.72. The van der Waals surface area contributed by atoms with Gasteiger partial charge in [0.1, 0.15) is 5.82 Å². The van der Waals surface area contributed by atoms with Crippen LogP contribution in [0.3, 0.4) is 0 Å². The lowest BCUT2D eigenvalue weighted by Gasteiger charge is -2.08. The Morgan fingerprint density at radius 3 is 2.95 bits per heavy atom. The highest BCUT2D eigenvalue weighted by Gasteiger charge is 2.14. The fourth-order valence-corrected chi connectivity index (χ4v) is 1.82. The molecule has 5 nitrogen and oxygen atoms in total. The van der Waals surface area contributed by atoms with Crippen LogP contribution in [0.4, 0.5) is 10.1 Å². The Labute approximate surface area is 114 Å². The van der Waals surface area contributed by atoms with Gasteiger partial charge >= 0.3 is 0 Å². The standard InChI is InChI=1S/C12H12ClFN4O/c1-18-6-7(5-17-18)4-16-12(19)9-2-8(13)3-10(14)11(9)15/h2-3,5-6H,4,15H2,1H3,(H,16,19). The Morgan fingerprint density at radius 1 is 1.58 bits per heavy atom. The third-order valence-corrected chi connectivity index (χ3v) is 2.77. The summed E-state index contributed by atoms with van der Waals surface area (Å²) in [6.45, 7) is 0.278. The molecule has 0 aliphatic heterocycles. The van der Waals surface area contributed by atoms with Crippen molar-refractivity contribution < 1.29 is 9.18 Å². The summed E-state index contributed by atoms with van der Waals surface area (Å²) in [5.41, 5.74) is 6.15. The minimum absolute atomic E-state index is 0.0221. The molecule has 1 aromatic carbocycles. The number of aromatic nitrogens is 2. The van der Waals surface area contributed by atoms with Crippen molar-refractivity contribution in [3.05, 3.63) is 46.5 Å². The fourth-order valence-electron chi connectivity index (χ4n) is 1.61. The van der Waals surface area contributed by atoms with Gasteiger partial charge in [-0.3, -0.25) is 9.48 Å². The van der Waals surface area contributed by atoms with Crippen molar-refractivity contribution in [2.24, 2.45) is 7.05 Å². The second kappa shape index (κ2) is 5.27. The number of nitrogens with one attached hydrogen (secondary N) is 1. The van der Waals surface area contributed by atoms with E-state index >= 15 is 0 Å². The Bertz CT molecular complexity index is 626. The van der Waals surface area contributed by atoms with Gasteiger partial charge in [-0.2, -0.15) is 5.10 Å². The summed E-state index contributed by atoms with van der Waals surface area (Å²) in [6.07, 6.45) is 3.39. The molecule has 1 aromatic heterocycles. The van der Waals surface area contributed by atoms with Gasteiger partial charge in [-0.1, -0.05) is 11.6 Å². The molecule has 0 unspecified atom stereocenters. The van der Waals surface area contributed by atoms with Gasteiger partial charge in [0.2, 0.25) is 0 Å². The van der Waals surface area contributed by atoms with E-state index in [1.54, 1.807) is 24.1 Å². The van der Waals surface area contributed by atoms with E-state index in [1.165, 1.54) is 6.07 Å². The average Bonchev–Trinajstić information content (AvgIpc) is 2.76. The van der Waals surface area contributed by atoms with Crippen LogP contribution in [0.5, 0.6) is 0 Å². The third-order valence-electron chi connectivity index (χ3n) is 2.55. The van der Waals surface area contributed by atoms with Gasteiger partial charge in [-0.25, -0.2) is 4.39 Å². The number of aryl methyl sites for hydroxylation is 1. The number of hydrogen-bond acceptors (Lipinski definition) is 3. The number of nitrogens with zero attached hydrogens (tertiary/aromatic N) is 2. The van der Waals surface area contributed by atoms with Gasteiger partial charge in [0.15, 0.2) is 0 Å². The Kier molecular flexibility index (Phi) is 3.71. The lowest BCUT2D eigenvalue weighted by molar-refractivity contribution is 0.0951. The minimum Gasteiger partial charge on any atom is -0.396 e. The molecular weight excluding hydrogens is 271 g/mol. The molecule has 2 rings (SSSR count). The summed E-state index contributed by atoms with van der Waals surface area (Å²) < 4.78 is 15.0. The van der Waals surface area contributed by atoms with Crippen LogP contribution < -0.4 is 11.1 Å². The molecular formula is C12H12ClFN4O. The molecule has 0 fully saturated rings. The van der Waals surface area contributed by atoms with Crippen molar-refractivity contribution in [3.63, 3.8) is 0 Å². The van der Waals surface area contributed by atoms with E-state index in [2.05, 4.69) is 10.4 Å². The van der Waals surface area contributed by atoms with Crippen LogP contribution in [-0.2, 0) is 13.6 Å². The van der Waals surface area contributed by atoms with Crippen LogP contribution in [0, 0.1) is 5.82 Å². The van der Waals surface area contributed by atoms with E-state index in [0.29, 0.717) is 0 Å². The molecule has 0 saturated heterocycles. The molecule has 1 heterocycles. The first-order valence-corrected chi connectivity index (χ1v) is 5.85. The molecule has 3 N–H and O–H groups in total. The predicted octanol–water partition coefficient (Wildman–Crippen LogP) is 1.72. The smallest absolute Gasteiger partial charge is 0.253 e. The van der Waals surface area contributed by atoms with Crippen molar-refractivity contribution in [2.75, 3.05) is 5.73 Å². The van der Waals surface area contributed by atoms with Gasteiger partial charge in [-0.15, -0.1) is 0 Å². The molecule has 7 heteroatoms. The monoisotopic (exact) mass is 282 g/mol. The van der Waals surface area contributed by atoms with Gasteiger partial charge in [0, 0.05) is 30.4 Å². The van der Waals surface area contributed by atoms with E-state index in [9.17, 15) is 9.18 Å². The first-order valence-electron chi connectivity index (χ1n) is 5.47. The van der Waals surface area contributed by atoms with Gasteiger partial charge in [0.05, 0.1) is 17.4 Å². The SMILES string of the molecule is Cn1cc(CNC(=O)c2cc(Cl)cc(F)c2N)cn1. The van der Waals surface area contributed by atoms with E-state index < -0.39 is 11.7 Å². The maximum Gasteiger partial charge on any atom is 0.253 e. The molecule has 1 amide bonds. The molecule has 0 spiro atoms. The second-order valence-corrected chi connectivity index (χ2v) is 4.49. The summed E-state index contributed by atoms with van der Waals surface area (Å²) >= 11 is 5.70. The third kappa shape index (κ3) is 3.03. The Hall–Kier alpha value is -2.08. The highest BCUT2D eigenvalue weighted by atomic mass is 35.5. The summed E-state index contributed by atoms with van der Waals surface area (Å²) in [4.78, 5) is 11.9. The largest absolute Gasteiger partial charge is 0.396 e. The lowest BCUT2D eigenvalue weighted by atomic mass is 10.1. The Morgan fingerprint density at radius 2 is 2.32 bits per heavy atom. The maximum atomic E-state index is 13.4. The highest BCUT2D eigenvalue weighted by molar-refractivity contribution is 6.31. The molecule has 100 valence electrons. The van der Waals surface area contributed by atoms with Crippen LogP contribution in [-0.4, -0.2) is 15.7 Å². The molecule has 0 aliphatic carbocycles. The zero-order valence-corrected chi connectivity index (χ0v) is 10.9. The number of halogens is 2. The van der Waals surface area contributed by atoms with Crippen molar-refractivity contribution in [1.82, 2.24) is 15.1 Å². The number of hydrogen-bond donors (Lipinski definition) is 2. The highest BCUT2D eigenvalue weighted by Crippen LogP contribution is 2.22. The molecule has 2 aromatic rings. The molecule has 0 radical (unpaired) electrons. The van der Waals surface area contributed by atoms with Gasteiger partial charge in [0.25, 0.3) is 5.91 Å². The molecule has 0 aliphatic rings. The van der Waals surface area contributed by atoms with Crippen molar-refractivity contribution >= 4 is 23.2 Å². The van der Waals surface area contributed by atoms with Crippen molar-refractivity contribution in [2.45, 2.75) is 6.54 Å². The van der Waals surface area contributed by atoms with Crippen LogP contribution >= 0.6 is 11.6 Å². The average molecular weight is 283 g/mol. The normalized spacial score (nSPS) is 10.5. The summed E-state index contributed by atoms with van der Waals surface area (Å²) in [6, 6.07) is 2.40. The van der Waals surface area contributed by atoms with Crippen molar-refractivity contribution in [1.29, 1.82) is 0 Å². The topological polar surface area (TPSA) is 72.9 Å². The number of amides is 1. The molecule has 0 saturated carbocycles. The van der Waals surface area contributed by atoms with Gasteiger partial charge in [-0.05, 0) is 12.1 Å². The minimum atomic E-state index is -0.709. The van der Waals surface area contributed by atoms with E-state index in [0.717, 1.165) is 11.6 Å². The zero-order chi connectivity index (χ0) is 14.0. The number of carbonyl (C=O) groups is 1. The molecule has 0 atom stereocenters. The van der Waals surface area contributed by atoms with Crippen molar-refractivity contribution in [3.8, 4) is 0 Å². The second-order valence-electron chi connectivity index (χ2n) is 4.05. The Balaban J connectivity index is 2.12. The first kappa shape index (κ1) is 13.4. The zero-order valence-electron chi connectivity index (χ0n) is 10.2. The fraction of sp³-hybridized carbons (Fsp3) is 0.167. The number of rotatable bonds is 3. The quantitative estimate of drug-likeness (QED) is 0.842. The molecule has 19 heavy (non-hydrogen) atoms. The van der Waals surface area contributed by atoms with Crippen LogP contribution in [0.1, 0.15) is 15.9 Å². The summed E-state index contributed by atoms with van der Waals surface area (Å²) in [7, 11) is 1.77. The number of anilines is 1. The van der Waals surface area contributed by atoms with E-state index in [4.69, 9.17) is 17.3 Å². The van der Waals surface area contributed by atoms with Crippen LogP contribution in [0.15, 0.2) is 24.5 Å². The van der Waals surface area contributed by atoms with Crippen LogP contribution in [0.25, 0.3) is 0 Å². The van der Waals surface area contributed by atoms with E-state index in [1.807, 2.05) is 0 Å². The lowest BCUT2D eigenvalue weighted by Crippen LogP contribution is -2.24. The summed E-state index contributed by atoms with van der Waals surface area (Å²) in [5.74, 6) is -1.19. The van der Waals surface area contributed by atoms with E-state index in [-0.39, 0.29) is 22.8 Å². The predicted molar refractivity (Wildman–Crippen MR) is 70.2 cm³/mol.